The van der Waals surface area contributed by atoms with Crippen molar-refractivity contribution in [3.63, 3.8) is 0 Å². The summed E-state index contributed by atoms with van der Waals surface area (Å²) in [7, 11) is 0. The van der Waals surface area contributed by atoms with Gasteiger partial charge in [-0.1, -0.05) is 74.7 Å². The standard InChI is InChI=1S/C20H16N2O2.C4H10/c1-14-7-9-15(10-8-14)19(23)18-13-16(11-12-21-18)20(24)22-17-5-3-2-4-6-17;1-3-4-2/h2-13H,1H3,(H,22,24);3-4H2,1-2H3. The third-order valence-corrected chi connectivity index (χ3v) is 4.10. The van der Waals surface area contributed by atoms with E-state index in [-0.39, 0.29) is 17.4 Å². The molecule has 2 aromatic carbocycles. The maximum Gasteiger partial charge on any atom is 0.255 e. The minimum absolute atomic E-state index is 0.204. The lowest BCUT2D eigenvalue weighted by Crippen LogP contribution is -2.13. The number of aromatic nitrogens is 1. The lowest BCUT2D eigenvalue weighted by molar-refractivity contribution is 0.102. The number of aryl methyl sites for hydroxylation is 1. The van der Waals surface area contributed by atoms with Crippen LogP contribution in [0.15, 0.2) is 72.9 Å². The number of anilines is 1. The van der Waals surface area contributed by atoms with Crippen molar-refractivity contribution in [3.05, 3.63) is 95.3 Å². The van der Waals surface area contributed by atoms with Gasteiger partial charge >= 0.3 is 0 Å². The van der Waals surface area contributed by atoms with E-state index in [1.165, 1.54) is 25.1 Å². The fourth-order valence-corrected chi connectivity index (χ4v) is 2.27. The summed E-state index contributed by atoms with van der Waals surface area (Å²) in [5.41, 5.74) is 2.97. The Balaban J connectivity index is 0.000000640. The number of unbranched alkanes of at least 4 members (excludes halogenated alkanes) is 1. The Kier molecular flexibility index (Phi) is 8.10. The minimum Gasteiger partial charge on any atom is -0.322 e. The number of hydrogen-bond acceptors (Lipinski definition) is 3. The predicted molar refractivity (Wildman–Crippen MR) is 114 cm³/mol. The van der Waals surface area contributed by atoms with Crippen LogP contribution in [0.1, 0.15) is 58.7 Å². The number of nitrogens with zero attached hydrogens (tertiary/aromatic N) is 1. The smallest absolute Gasteiger partial charge is 0.255 e. The molecule has 144 valence electrons. The zero-order chi connectivity index (χ0) is 20.4. The van der Waals surface area contributed by atoms with Crippen molar-refractivity contribution >= 4 is 17.4 Å². The number of pyridine rings is 1. The van der Waals surface area contributed by atoms with Crippen LogP contribution in [0.25, 0.3) is 0 Å². The molecule has 1 N–H and O–H groups in total. The molecule has 1 aromatic heterocycles. The zero-order valence-electron chi connectivity index (χ0n) is 16.6. The number of carbonyl (C=O) groups excluding carboxylic acids is 2. The summed E-state index contributed by atoms with van der Waals surface area (Å²) >= 11 is 0. The van der Waals surface area contributed by atoms with E-state index in [2.05, 4.69) is 24.1 Å². The van der Waals surface area contributed by atoms with E-state index in [1.807, 2.05) is 37.3 Å². The summed E-state index contributed by atoms with van der Waals surface area (Å²) in [5.74, 6) is -0.481. The number of benzene rings is 2. The van der Waals surface area contributed by atoms with Gasteiger partial charge < -0.3 is 5.32 Å². The number of nitrogens with one attached hydrogen (secondary N) is 1. The summed E-state index contributed by atoms with van der Waals surface area (Å²) < 4.78 is 0. The highest BCUT2D eigenvalue weighted by Crippen LogP contribution is 2.13. The van der Waals surface area contributed by atoms with Gasteiger partial charge in [0.1, 0.15) is 5.69 Å². The molecular formula is C24H26N2O2. The first-order chi connectivity index (χ1) is 13.5. The molecule has 0 bridgehead atoms. The number of hydrogen-bond donors (Lipinski definition) is 1. The number of ketones is 1. The SMILES string of the molecule is CCCC.Cc1ccc(C(=O)c2cc(C(=O)Nc3ccccc3)ccn2)cc1. The molecule has 0 atom stereocenters. The highest BCUT2D eigenvalue weighted by Gasteiger charge is 2.13. The Morgan fingerprint density at radius 3 is 2.11 bits per heavy atom. The molecule has 1 heterocycles. The van der Waals surface area contributed by atoms with Gasteiger partial charge in [-0.25, -0.2) is 0 Å². The first-order valence-corrected chi connectivity index (χ1v) is 9.49. The molecule has 3 rings (SSSR count). The molecule has 3 aromatic rings. The molecule has 0 fully saturated rings. The van der Waals surface area contributed by atoms with Crippen LogP contribution in [0.5, 0.6) is 0 Å². The summed E-state index contributed by atoms with van der Waals surface area (Å²) in [6.07, 6.45) is 4.11. The van der Waals surface area contributed by atoms with E-state index in [1.54, 1.807) is 30.3 Å². The highest BCUT2D eigenvalue weighted by molar-refractivity contribution is 6.10. The molecule has 0 aliphatic heterocycles. The van der Waals surface area contributed by atoms with Gasteiger partial charge in [0.15, 0.2) is 0 Å². The third kappa shape index (κ3) is 6.16. The van der Waals surface area contributed by atoms with Crippen LogP contribution in [-0.2, 0) is 0 Å². The van der Waals surface area contributed by atoms with Gasteiger partial charge in [0.05, 0.1) is 0 Å². The predicted octanol–water partition coefficient (Wildman–Crippen LogP) is 5.68. The molecule has 0 saturated heterocycles. The van der Waals surface area contributed by atoms with Crippen molar-refractivity contribution in [2.24, 2.45) is 0 Å². The maximum absolute atomic E-state index is 12.5. The number of amides is 1. The quantitative estimate of drug-likeness (QED) is 0.585. The van der Waals surface area contributed by atoms with Gasteiger partial charge in [-0.05, 0) is 31.2 Å². The molecule has 0 saturated carbocycles. The van der Waals surface area contributed by atoms with Gasteiger partial charge in [-0.3, -0.25) is 14.6 Å². The lowest BCUT2D eigenvalue weighted by atomic mass is 10.0. The van der Waals surface area contributed by atoms with E-state index >= 15 is 0 Å². The first-order valence-electron chi connectivity index (χ1n) is 9.49. The van der Waals surface area contributed by atoms with E-state index in [0.717, 1.165) is 5.56 Å². The Hall–Kier alpha value is -3.27. The average Bonchev–Trinajstić information content (AvgIpc) is 2.75. The molecule has 0 aliphatic rings. The molecule has 0 spiro atoms. The zero-order valence-corrected chi connectivity index (χ0v) is 16.6. The van der Waals surface area contributed by atoms with Gasteiger partial charge in [-0.15, -0.1) is 0 Å². The summed E-state index contributed by atoms with van der Waals surface area (Å²) in [5, 5.41) is 2.79. The van der Waals surface area contributed by atoms with E-state index in [9.17, 15) is 9.59 Å². The van der Waals surface area contributed by atoms with Crippen LogP contribution in [0.2, 0.25) is 0 Å². The van der Waals surface area contributed by atoms with Crippen LogP contribution >= 0.6 is 0 Å². The topological polar surface area (TPSA) is 59.1 Å². The van der Waals surface area contributed by atoms with Gasteiger partial charge in [-0.2, -0.15) is 0 Å². The monoisotopic (exact) mass is 374 g/mol. The van der Waals surface area contributed by atoms with Crippen molar-refractivity contribution in [1.29, 1.82) is 0 Å². The largest absolute Gasteiger partial charge is 0.322 e. The number of carbonyl (C=O) groups is 2. The van der Waals surface area contributed by atoms with Crippen LogP contribution in [0.4, 0.5) is 5.69 Å². The Bertz CT molecular complexity index is 901. The van der Waals surface area contributed by atoms with Gasteiger partial charge in [0.25, 0.3) is 5.91 Å². The highest BCUT2D eigenvalue weighted by atomic mass is 16.1. The first kappa shape index (κ1) is 21.0. The van der Waals surface area contributed by atoms with E-state index < -0.39 is 0 Å². The van der Waals surface area contributed by atoms with Crippen LogP contribution < -0.4 is 5.32 Å². The lowest BCUT2D eigenvalue weighted by Gasteiger charge is -2.06. The summed E-state index contributed by atoms with van der Waals surface area (Å²) in [6.45, 7) is 6.32. The molecule has 1 amide bonds. The molecule has 4 nitrogen and oxygen atoms in total. The molecule has 0 radical (unpaired) electrons. The molecular weight excluding hydrogens is 348 g/mol. The number of rotatable bonds is 5. The Morgan fingerprint density at radius 1 is 0.857 bits per heavy atom. The van der Waals surface area contributed by atoms with Crippen LogP contribution in [0.3, 0.4) is 0 Å². The molecule has 0 aliphatic carbocycles. The third-order valence-electron chi connectivity index (χ3n) is 4.10. The van der Waals surface area contributed by atoms with E-state index in [0.29, 0.717) is 16.8 Å². The van der Waals surface area contributed by atoms with Crippen LogP contribution in [0, 0.1) is 6.92 Å². The van der Waals surface area contributed by atoms with Crippen LogP contribution in [-0.4, -0.2) is 16.7 Å². The molecule has 4 heteroatoms. The second-order valence-electron chi connectivity index (χ2n) is 6.45. The van der Waals surface area contributed by atoms with Gasteiger partial charge in [0.2, 0.25) is 5.78 Å². The van der Waals surface area contributed by atoms with Crippen molar-refractivity contribution in [3.8, 4) is 0 Å². The van der Waals surface area contributed by atoms with Crippen molar-refractivity contribution in [2.45, 2.75) is 33.6 Å². The Morgan fingerprint density at radius 2 is 1.50 bits per heavy atom. The summed E-state index contributed by atoms with van der Waals surface area (Å²) in [6, 6.07) is 19.5. The normalized spacial score (nSPS) is 9.82. The Labute approximate surface area is 166 Å². The maximum atomic E-state index is 12.5. The summed E-state index contributed by atoms with van der Waals surface area (Å²) in [4.78, 5) is 28.9. The van der Waals surface area contributed by atoms with Crippen molar-refractivity contribution in [1.82, 2.24) is 4.98 Å². The van der Waals surface area contributed by atoms with Crippen molar-refractivity contribution in [2.75, 3.05) is 5.32 Å². The number of para-hydroxylation sites is 1. The average molecular weight is 374 g/mol. The fourth-order valence-electron chi connectivity index (χ4n) is 2.27. The van der Waals surface area contributed by atoms with Gasteiger partial charge in [0, 0.05) is 23.0 Å². The minimum atomic E-state index is -0.276. The van der Waals surface area contributed by atoms with Crippen molar-refractivity contribution < 1.29 is 9.59 Å². The fraction of sp³-hybridized carbons (Fsp3) is 0.208. The second-order valence-corrected chi connectivity index (χ2v) is 6.45. The molecule has 0 unspecified atom stereocenters. The molecule has 28 heavy (non-hydrogen) atoms. The van der Waals surface area contributed by atoms with E-state index in [4.69, 9.17) is 0 Å². The second kappa shape index (κ2) is 10.8.